The van der Waals surface area contributed by atoms with Crippen LogP contribution >= 0.6 is 0 Å². The van der Waals surface area contributed by atoms with Gasteiger partial charge in [-0.05, 0) is 11.5 Å². The molecule has 7 nitrogen and oxygen atoms in total. The Kier molecular flexibility index (Phi) is 4.83. The first kappa shape index (κ1) is 15.9. The highest BCUT2D eigenvalue weighted by atomic mass is 16.6. The number of nitrogen functional groups attached to an aromatic ring is 1. The van der Waals surface area contributed by atoms with Gasteiger partial charge >= 0.3 is 11.4 Å². The summed E-state index contributed by atoms with van der Waals surface area (Å²) in [4.78, 5) is 18.9. The van der Waals surface area contributed by atoms with E-state index in [1.807, 2.05) is 30.3 Å². The standard InChI is InChI=1S/C10H9N.C6H4N2O4/c11-10-7-3-5-8-4-1-2-6-9(8)10;9-7(10)5-3-1-2-4-6(5)8(11)12/h1-7H,11H2;1-4H. The van der Waals surface area contributed by atoms with Crippen LogP contribution in [0.15, 0.2) is 66.7 Å². The van der Waals surface area contributed by atoms with E-state index in [1.165, 1.54) is 17.5 Å². The van der Waals surface area contributed by atoms with Crippen molar-refractivity contribution in [2.24, 2.45) is 0 Å². The Labute approximate surface area is 131 Å². The summed E-state index contributed by atoms with van der Waals surface area (Å²) in [7, 11) is 0. The van der Waals surface area contributed by atoms with Gasteiger partial charge in [-0.1, -0.05) is 48.5 Å². The van der Waals surface area contributed by atoms with Crippen LogP contribution in [0.3, 0.4) is 0 Å². The molecule has 0 amide bonds. The number of fused-ring (bicyclic) bond motifs is 1. The van der Waals surface area contributed by atoms with Gasteiger partial charge in [0, 0.05) is 23.2 Å². The molecule has 0 spiro atoms. The fourth-order valence-electron chi connectivity index (χ4n) is 2.02. The molecule has 0 radical (unpaired) electrons. The van der Waals surface area contributed by atoms with E-state index in [-0.39, 0.29) is 0 Å². The van der Waals surface area contributed by atoms with E-state index in [1.54, 1.807) is 0 Å². The molecule has 7 heteroatoms. The molecule has 0 atom stereocenters. The minimum atomic E-state index is -0.780. The van der Waals surface area contributed by atoms with E-state index in [4.69, 9.17) is 5.73 Å². The number of nitrogens with two attached hydrogens (primary N) is 1. The highest BCUT2D eigenvalue weighted by Crippen LogP contribution is 2.24. The second-order valence-corrected chi connectivity index (χ2v) is 4.57. The number of anilines is 1. The van der Waals surface area contributed by atoms with Crippen LogP contribution in [-0.2, 0) is 0 Å². The van der Waals surface area contributed by atoms with Gasteiger partial charge in [0.05, 0.1) is 9.85 Å². The van der Waals surface area contributed by atoms with E-state index in [2.05, 4.69) is 12.1 Å². The molecule has 2 N–H and O–H groups in total. The smallest absolute Gasteiger partial charge is 0.346 e. The van der Waals surface area contributed by atoms with Crippen LogP contribution in [0.4, 0.5) is 17.1 Å². The minimum Gasteiger partial charge on any atom is -0.398 e. The van der Waals surface area contributed by atoms with Gasteiger partial charge in [-0.2, -0.15) is 0 Å². The SMILES string of the molecule is Nc1cccc2ccccc12.O=[N+]([O-])c1ccccc1[N+](=O)[O-]. The normalized spacial score (nSPS) is 9.74. The summed E-state index contributed by atoms with van der Waals surface area (Å²) in [6.07, 6.45) is 0. The van der Waals surface area contributed by atoms with Gasteiger partial charge in [0.2, 0.25) is 0 Å². The minimum absolute atomic E-state index is 0.484. The lowest BCUT2D eigenvalue weighted by molar-refractivity contribution is -0.422. The van der Waals surface area contributed by atoms with E-state index in [9.17, 15) is 20.2 Å². The first-order valence-corrected chi connectivity index (χ1v) is 6.61. The van der Waals surface area contributed by atoms with Crippen LogP contribution in [0.2, 0.25) is 0 Å². The number of benzene rings is 3. The van der Waals surface area contributed by atoms with Gasteiger partial charge in [0.15, 0.2) is 0 Å². The van der Waals surface area contributed by atoms with Gasteiger partial charge in [-0.3, -0.25) is 20.2 Å². The number of hydrogen-bond acceptors (Lipinski definition) is 5. The maximum Gasteiger partial charge on any atom is 0.346 e. The number of nitro groups is 2. The molecule has 0 aromatic heterocycles. The molecule has 0 saturated heterocycles. The van der Waals surface area contributed by atoms with Crippen molar-refractivity contribution in [2.75, 3.05) is 5.73 Å². The summed E-state index contributed by atoms with van der Waals surface area (Å²) in [5.74, 6) is 0. The Morgan fingerprint density at radius 2 is 1.17 bits per heavy atom. The van der Waals surface area contributed by atoms with Crippen LogP contribution in [0.1, 0.15) is 0 Å². The fraction of sp³-hybridized carbons (Fsp3) is 0. The molecule has 0 aliphatic heterocycles. The van der Waals surface area contributed by atoms with Crippen molar-refractivity contribution in [3.8, 4) is 0 Å². The Hall–Kier alpha value is -3.48. The molecule has 116 valence electrons. The van der Waals surface area contributed by atoms with E-state index >= 15 is 0 Å². The van der Waals surface area contributed by atoms with Crippen molar-refractivity contribution in [1.29, 1.82) is 0 Å². The number of hydrogen-bond donors (Lipinski definition) is 1. The molecule has 3 rings (SSSR count). The molecule has 0 heterocycles. The maximum atomic E-state index is 10.2. The van der Waals surface area contributed by atoms with Crippen LogP contribution < -0.4 is 5.73 Å². The highest BCUT2D eigenvalue weighted by molar-refractivity contribution is 5.92. The molecule has 0 saturated carbocycles. The average Bonchev–Trinajstić information content (AvgIpc) is 2.56. The lowest BCUT2D eigenvalue weighted by atomic mass is 10.1. The molecule has 0 unspecified atom stereocenters. The van der Waals surface area contributed by atoms with Crippen molar-refractivity contribution in [1.82, 2.24) is 0 Å². The molecular weight excluding hydrogens is 298 g/mol. The predicted molar refractivity (Wildman–Crippen MR) is 88.1 cm³/mol. The first-order valence-electron chi connectivity index (χ1n) is 6.61. The maximum absolute atomic E-state index is 10.2. The number of para-hydroxylation sites is 2. The molecule has 0 aliphatic rings. The quantitative estimate of drug-likeness (QED) is 0.438. The molecule has 0 aliphatic carbocycles. The Balaban J connectivity index is 0.000000167. The average molecular weight is 311 g/mol. The van der Waals surface area contributed by atoms with E-state index in [0.29, 0.717) is 0 Å². The molecule has 0 fully saturated rings. The van der Waals surface area contributed by atoms with Crippen LogP contribution in [0, 0.1) is 20.2 Å². The third kappa shape index (κ3) is 3.79. The highest BCUT2D eigenvalue weighted by Gasteiger charge is 2.21. The Morgan fingerprint density at radius 1 is 0.696 bits per heavy atom. The lowest BCUT2D eigenvalue weighted by Crippen LogP contribution is -1.95. The Bertz CT molecular complexity index is 826. The zero-order chi connectivity index (χ0) is 16.8. The van der Waals surface area contributed by atoms with Crippen molar-refractivity contribution in [3.63, 3.8) is 0 Å². The lowest BCUT2D eigenvalue weighted by Gasteiger charge is -1.98. The zero-order valence-corrected chi connectivity index (χ0v) is 12.0. The Morgan fingerprint density at radius 3 is 1.70 bits per heavy atom. The van der Waals surface area contributed by atoms with E-state index < -0.39 is 21.2 Å². The second kappa shape index (κ2) is 6.99. The third-order valence-corrected chi connectivity index (χ3v) is 3.10. The van der Waals surface area contributed by atoms with Crippen molar-refractivity contribution >= 4 is 27.8 Å². The van der Waals surface area contributed by atoms with Crippen LogP contribution in [0.25, 0.3) is 10.8 Å². The van der Waals surface area contributed by atoms with Gasteiger partial charge in [0.25, 0.3) is 0 Å². The molecule has 3 aromatic carbocycles. The topological polar surface area (TPSA) is 112 Å². The number of nitro benzene ring substituents is 2. The molecular formula is C16H13N3O4. The van der Waals surface area contributed by atoms with Crippen molar-refractivity contribution < 1.29 is 9.85 Å². The van der Waals surface area contributed by atoms with Gasteiger partial charge in [0.1, 0.15) is 0 Å². The predicted octanol–water partition coefficient (Wildman–Crippen LogP) is 3.93. The van der Waals surface area contributed by atoms with E-state index in [0.717, 1.165) is 23.2 Å². The van der Waals surface area contributed by atoms with Crippen LogP contribution in [-0.4, -0.2) is 9.85 Å². The summed E-state index contributed by atoms with van der Waals surface area (Å²) >= 11 is 0. The molecule has 23 heavy (non-hydrogen) atoms. The molecule has 0 bridgehead atoms. The monoisotopic (exact) mass is 311 g/mol. The van der Waals surface area contributed by atoms with Crippen LogP contribution in [0.5, 0.6) is 0 Å². The van der Waals surface area contributed by atoms with Gasteiger partial charge in [-0.15, -0.1) is 0 Å². The number of rotatable bonds is 2. The largest absolute Gasteiger partial charge is 0.398 e. The van der Waals surface area contributed by atoms with Gasteiger partial charge in [-0.25, -0.2) is 0 Å². The summed E-state index contributed by atoms with van der Waals surface area (Å²) < 4.78 is 0. The number of nitrogens with zero attached hydrogens (tertiary/aromatic N) is 2. The molecule has 3 aromatic rings. The summed E-state index contributed by atoms with van der Waals surface area (Å²) in [6.45, 7) is 0. The zero-order valence-electron chi connectivity index (χ0n) is 12.0. The van der Waals surface area contributed by atoms with Crippen molar-refractivity contribution in [2.45, 2.75) is 0 Å². The summed E-state index contributed by atoms with van der Waals surface area (Å²) in [6, 6.07) is 19.0. The van der Waals surface area contributed by atoms with Crippen molar-refractivity contribution in [3.05, 3.63) is 87.0 Å². The third-order valence-electron chi connectivity index (χ3n) is 3.10. The van der Waals surface area contributed by atoms with Gasteiger partial charge < -0.3 is 5.73 Å². The second-order valence-electron chi connectivity index (χ2n) is 4.57. The summed E-state index contributed by atoms with van der Waals surface area (Å²) in [5.41, 5.74) is 5.64. The fourth-order valence-corrected chi connectivity index (χ4v) is 2.02. The summed E-state index contributed by atoms with van der Waals surface area (Å²) in [5, 5.41) is 22.8. The first-order chi connectivity index (χ1) is 11.0.